The van der Waals surface area contributed by atoms with E-state index in [1.807, 2.05) is 48.1 Å². The van der Waals surface area contributed by atoms with Gasteiger partial charge in [0.15, 0.2) is 6.29 Å². The number of halogens is 2. The van der Waals surface area contributed by atoms with E-state index in [1.54, 1.807) is 35.4 Å². The van der Waals surface area contributed by atoms with Crippen molar-refractivity contribution in [3.05, 3.63) is 88.2 Å². The maximum Gasteiger partial charge on any atom is 0.407 e. The number of hydrogen-bond acceptors (Lipinski definition) is 6. The highest BCUT2D eigenvalue weighted by Gasteiger charge is 2.29. The van der Waals surface area contributed by atoms with Gasteiger partial charge in [0.1, 0.15) is 11.4 Å². The number of piperidine rings is 1. The van der Waals surface area contributed by atoms with Crippen LogP contribution in [0.1, 0.15) is 35.7 Å². The standard InChI is InChI=1S/C36H33Cl2N5O5/c1-21(45)42-15-12-25(13-16-42)43(36(46)47)19-24-18-41(2)35-26(24)9-10-30(40-35)29-6-4-5-27(32(29)37)28-11-14-39-34(33(28)38)22-7-8-23(20-44)31(17-22)48-3/h4-11,14,17-18,20,25H,12-13,15-16,19H2,1-3H3,(H,46,47). The number of methoxy groups -OCH3 is 1. The number of ether oxygens (including phenoxy) is 1. The van der Waals surface area contributed by atoms with Gasteiger partial charge < -0.3 is 24.2 Å². The number of carbonyl (C=O) groups excluding carboxylic acids is 2. The molecule has 0 bridgehead atoms. The van der Waals surface area contributed by atoms with Crippen molar-refractivity contribution < 1.29 is 24.2 Å². The summed E-state index contributed by atoms with van der Waals surface area (Å²) in [7, 11) is 3.38. The average Bonchev–Trinajstić information content (AvgIpc) is 3.41. The van der Waals surface area contributed by atoms with Gasteiger partial charge in [-0.15, -0.1) is 0 Å². The van der Waals surface area contributed by atoms with E-state index < -0.39 is 6.09 Å². The number of carbonyl (C=O) groups is 3. The zero-order chi connectivity index (χ0) is 34.1. The molecule has 246 valence electrons. The lowest BCUT2D eigenvalue weighted by molar-refractivity contribution is -0.130. The maximum absolute atomic E-state index is 12.3. The number of amides is 2. The minimum absolute atomic E-state index is 0.00816. The molecule has 0 atom stereocenters. The van der Waals surface area contributed by atoms with Gasteiger partial charge >= 0.3 is 6.09 Å². The highest BCUT2D eigenvalue weighted by atomic mass is 35.5. The Hall–Kier alpha value is -4.93. The summed E-state index contributed by atoms with van der Waals surface area (Å²) in [6.45, 7) is 2.83. The number of aromatic nitrogens is 3. The van der Waals surface area contributed by atoms with E-state index in [2.05, 4.69) is 4.98 Å². The summed E-state index contributed by atoms with van der Waals surface area (Å²) in [5.74, 6) is 0.426. The number of pyridine rings is 2. The van der Waals surface area contributed by atoms with Crippen molar-refractivity contribution in [3.63, 3.8) is 0 Å². The summed E-state index contributed by atoms with van der Waals surface area (Å²) < 4.78 is 7.26. The van der Waals surface area contributed by atoms with Crippen LogP contribution < -0.4 is 4.74 Å². The fourth-order valence-corrected chi connectivity index (χ4v) is 7.03. The Bertz CT molecular complexity index is 2050. The van der Waals surface area contributed by atoms with Gasteiger partial charge in [-0.3, -0.25) is 14.6 Å². The van der Waals surface area contributed by atoms with Crippen LogP contribution in [0.2, 0.25) is 10.0 Å². The second kappa shape index (κ2) is 13.7. The van der Waals surface area contributed by atoms with Gasteiger partial charge in [-0.25, -0.2) is 9.78 Å². The molecule has 1 N–H and O–H groups in total. The minimum Gasteiger partial charge on any atom is -0.496 e. The normalized spacial score (nSPS) is 13.5. The molecule has 6 rings (SSSR count). The van der Waals surface area contributed by atoms with Crippen LogP contribution in [0.3, 0.4) is 0 Å². The smallest absolute Gasteiger partial charge is 0.407 e. The Balaban J connectivity index is 1.32. The van der Waals surface area contributed by atoms with E-state index in [9.17, 15) is 19.5 Å². The Kier molecular flexibility index (Phi) is 9.39. The maximum atomic E-state index is 12.3. The first-order valence-corrected chi connectivity index (χ1v) is 16.1. The zero-order valence-corrected chi connectivity index (χ0v) is 28.1. The van der Waals surface area contributed by atoms with Crippen molar-refractivity contribution in [1.82, 2.24) is 24.3 Å². The number of aryl methyl sites for hydroxylation is 1. The van der Waals surface area contributed by atoms with E-state index in [-0.39, 0.29) is 18.5 Å². The van der Waals surface area contributed by atoms with Gasteiger partial charge in [0.2, 0.25) is 5.91 Å². The fourth-order valence-electron chi connectivity index (χ4n) is 6.38. The molecule has 12 heteroatoms. The number of aldehydes is 1. The van der Waals surface area contributed by atoms with Crippen molar-refractivity contribution in [2.75, 3.05) is 20.2 Å². The van der Waals surface area contributed by atoms with Crippen molar-refractivity contribution in [2.24, 2.45) is 7.05 Å². The Morgan fingerprint density at radius 1 is 1.04 bits per heavy atom. The minimum atomic E-state index is -0.989. The van der Waals surface area contributed by atoms with Crippen LogP contribution in [0.5, 0.6) is 5.75 Å². The third-order valence-corrected chi connectivity index (χ3v) is 9.72. The lowest BCUT2D eigenvalue weighted by atomic mass is 9.99. The molecule has 0 saturated carbocycles. The molecule has 1 aliphatic heterocycles. The van der Waals surface area contributed by atoms with Crippen LogP contribution in [0.4, 0.5) is 4.79 Å². The molecule has 3 aromatic heterocycles. The topological polar surface area (TPSA) is 118 Å². The molecule has 5 aromatic rings. The van der Waals surface area contributed by atoms with Crippen molar-refractivity contribution in [3.8, 4) is 39.4 Å². The van der Waals surface area contributed by atoms with Crippen LogP contribution in [0.25, 0.3) is 44.7 Å². The first kappa shape index (κ1) is 33.0. The SMILES string of the molecule is COc1cc(-c2nccc(-c3cccc(-c4ccc5c(CN(C(=O)O)C6CCN(C(C)=O)CC6)cn(C)c5n4)c3Cl)c2Cl)ccc1C=O. The zero-order valence-electron chi connectivity index (χ0n) is 26.6. The summed E-state index contributed by atoms with van der Waals surface area (Å²) >= 11 is 14.0. The Morgan fingerprint density at radius 2 is 1.77 bits per heavy atom. The van der Waals surface area contributed by atoms with E-state index in [4.69, 9.17) is 32.9 Å². The fraction of sp³-hybridized carbons (Fsp3) is 0.250. The van der Waals surface area contributed by atoms with Gasteiger partial charge in [-0.05, 0) is 48.7 Å². The highest BCUT2D eigenvalue weighted by Crippen LogP contribution is 2.42. The van der Waals surface area contributed by atoms with Crippen LogP contribution >= 0.6 is 23.2 Å². The van der Waals surface area contributed by atoms with Gasteiger partial charge in [0.25, 0.3) is 0 Å². The molecule has 0 radical (unpaired) electrons. The molecule has 2 amide bonds. The monoisotopic (exact) mass is 685 g/mol. The van der Waals surface area contributed by atoms with Crippen LogP contribution in [-0.4, -0.2) is 74.0 Å². The molecule has 0 spiro atoms. The first-order chi connectivity index (χ1) is 23.1. The molecular weight excluding hydrogens is 653 g/mol. The van der Waals surface area contributed by atoms with E-state index in [1.165, 1.54) is 18.9 Å². The van der Waals surface area contributed by atoms with Gasteiger partial charge in [-0.1, -0.05) is 47.5 Å². The van der Waals surface area contributed by atoms with Crippen LogP contribution in [0, 0.1) is 0 Å². The predicted octanol–water partition coefficient (Wildman–Crippen LogP) is 7.59. The largest absolute Gasteiger partial charge is 0.496 e. The number of likely N-dealkylation sites (tertiary alicyclic amines) is 1. The number of carboxylic acid groups (broad SMARTS) is 1. The van der Waals surface area contributed by atoms with Crippen LogP contribution in [0.15, 0.2) is 67.0 Å². The summed E-state index contributed by atoms with van der Waals surface area (Å²) in [4.78, 5) is 48.2. The van der Waals surface area contributed by atoms with Crippen molar-refractivity contribution in [1.29, 1.82) is 0 Å². The number of nitrogens with zero attached hydrogens (tertiary/aromatic N) is 5. The van der Waals surface area contributed by atoms with Gasteiger partial charge in [0.05, 0.1) is 40.7 Å². The molecule has 0 aliphatic carbocycles. The number of benzene rings is 2. The summed E-state index contributed by atoms with van der Waals surface area (Å²) in [6, 6.07) is 16.3. The lowest BCUT2D eigenvalue weighted by Gasteiger charge is -2.36. The van der Waals surface area contributed by atoms with E-state index >= 15 is 0 Å². The number of rotatable bonds is 8. The summed E-state index contributed by atoms with van der Waals surface area (Å²) in [5, 5.41) is 11.8. The Morgan fingerprint density at radius 3 is 2.46 bits per heavy atom. The molecule has 1 aliphatic rings. The quantitative estimate of drug-likeness (QED) is 0.167. The van der Waals surface area contributed by atoms with Crippen LogP contribution in [-0.2, 0) is 18.4 Å². The second-order valence-electron chi connectivity index (χ2n) is 11.7. The third kappa shape index (κ3) is 6.21. The average molecular weight is 687 g/mol. The second-order valence-corrected chi connectivity index (χ2v) is 12.5. The molecule has 1 saturated heterocycles. The highest BCUT2D eigenvalue weighted by molar-refractivity contribution is 6.39. The Labute approximate surface area is 287 Å². The predicted molar refractivity (Wildman–Crippen MR) is 186 cm³/mol. The van der Waals surface area contributed by atoms with Gasteiger partial charge in [0, 0.05) is 73.1 Å². The molecule has 1 fully saturated rings. The van der Waals surface area contributed by atoms with Gasteiger partial charge in [-0.2, -0.15) is 0 Å². The molecular formula is C36H33Cl2N5O5. The molecule has 2 aromatic carbocycles. The molecule has 10 nitrogen and oxygen atoms in total. The summed E-state index contributed by atoms with van der Waals surface area (Å²) in [5.41, 5.74) is 5.88. The molecule has 0 unspecified atom stereocenters. The molecule has 48 heavy (non-hydrogen) atoms. The van der Waals surface area contributed by atoms with Crippen molar-refractivity contribution in [2.45, 2.75) is 32.4 Å². The third-order valence-electron chi connectivity index (χ3n) is 8.93. The number of fused-ring (bicyclic) bond motifs is 1. The first-order valence-electron chi connectivity index (χ1n) is 15.4. The number of hydrogen-bond donors (Lipinski definition) is 1. The lowest BCUT2D eigenvalue weighted by Crippen LogP contribution is -2.47. The summed E-state index contributed by atoms with van der Waals surface area (Å²) in [6.07, 6.45) is 4.50. The van der Waals surface area contributed by atoms with E-state index in [0.29, 0.717) is 86.6 Å². The van der Waals surface area contributed by atoms with E-state index in [0.717, 1.165) is 17.2 Å². The van der Waals surface area contributed by atoms with Crippen molar-refractivity contribution >= 4 is 52.5 Å². The molecule has 4 heterocycles.